The molecular weight excluding hydrogens is 339 g/mol. The maximum Gasteiger partial charge on any atom is 0.141 e. The summed E-state index contributed by atoms with van der Waals surface area (Å²) >= 11 is 5.92. The Labute approximate surface area is 153 Å². The summed E-state index contributed by atoms with van der Waals surface area (Å²) < 4.78 is 13.4. The fraction of sp³-hybridized carbons (Fsp3) is 0.421. The van der Waals surface area contributed by atoms with Crippen molar-refractivity contribution in [2.45, 2.75) is 45.2 Å². The minimum atomic E-state index is -0.424. The van der Waals surface area contributed by atoms with Crippen molar-refractivity contribution in [3.8, 4) is 6.07 Å². The summed E-state index contributed by atoms with van der Waals surface area (Å²) in [5, 5.41) is 11.2. The molecule has 1 N–H and O–H groups in total. The number of benzene rings is 1. The maximum atomic E-state index is 13.4. The number of nitrogens with zero attached hydrogens (tertiary/aromatic N) is 3. The van der Waals surface area contributed by atoms with E-state index in [1.165, 1.54) is 6.07 Å². The van der Waals surface area contributed by atoms with E-state index in [0.29, 0.717) is 6.42 Å². The number of nitriles is 1. The van der Waals surface area contributed by atoms with Crippen LogP contribution < -0.4 is 5.43 Å². The first-order valence-electron chi connectivity index (χ1n) is 8.38. The molecule has 25 heavy (non-hydrogen) atoms. The predicted octanol–water partition coefficient (Wildman–Crippen LogP) is 4.27. The number of hydrogen-bond donors (Lipinski definition) is 1. The normalized spacial score (nSPS) is 19.8. The van der Waals surface area contributed by atoms with Gasteiger partial charge < -0.3 is 4.90 Å². The van der Waals surface area contributed by atoms with Gasteiger partial charge in [-0.2, -0.15) is 5.26 Å². The molecule has 1 aromatic rings. The first kappa shape index (κ1) is 17.6. The number of hydrazine groups is 1. The SMILES string of the molecule is CC(C)(C)N1C=C2C=C(c3ccc(F)c(Cl)c3)NN2C(CCC#N)C1. The molecule has 0 saturated heterocycles. The summed E-state index contributed by atoms with van der Waals surface area (Å²) in [6.45, 7) is 7.36. The molecule has 0 saturated carbocycles. The highest BCUT2D eigenvalue weighted by Crippen LogP contribution is 2.33. The van der Waals surface area contributed by atoms with Crippen molar-refractivity contribution in [3.05, 3.63) is 52.6 Å². The van der Waals surface area contributed by atoms with Crippen LogP contribution in [0.2, 0.25) is 5.02 Å². The monoisotopic (exact) mass is 360 g/mol. The predicted molar refractivity (Wildman–Crippen MR) is 97.5 cm³/mol. The lowest BCUT2D eigenvalue weighted by atomic mass is 10.0. The molecule has 2 aliphatic rings. The Morgan fingerprint density at radius 1 is 1.40 bits per heavy atom. The Hall–Kier alpha value is -2.19. The first-order chi connectivity index (χ1) is 11.8. The highest BCUT2D eigenvalue weighted by molar-refractivity contribution is 6.30. The van der Waals surface area contributed by atoms with Crippen LogP contribution >= 0.6 is 11.6 Å². The maximum absolute atomic E-state index is 13.4. The van der Waals surface area contributed by atoms with Crippen molar-refractivity contribution in [3.63, 3.8) is 0 Å². The smallest absolute Gasteiger partial charge is 0.141 e. The van der Waals surface area contributed by atoms with Crippen LogP contribution in [0.3, 0.4) is 0 Å². The minimum absolute atomic E-state index is 0.000238. The Morgan fingerprint density at radius 3 is 2.80 bits per heavy atom. The van der Waals surface area contributed by atoms with E-state index in [-0.39, 0.29) is 16.6 Å². The molecule has 2 heterocycles. The average Bonchev–Trinajstić information content (AvgIpc) is 2.98. The third kappa shape index (κ3) is 3.59. The van der Waals surface area contributed by atoms with Crippen molar-refractivity contribution < 1.29 is 4.39 Å². The van der Waals surface area contributed by atoms with E-state index >= 15 is 0 Å². The third-order valence-electron chi connectivity index (χ3n) is 4.55. The highest BCUT2D eigenvalue weighted by Gasteiger charge is 2.34. The van der Waals surface area contributed by atoms with Gasteiger partial charge in [-0.05, 0) is 51.5 Å². The molecule has 0 radical (unpaired) electrons. The lowest BCUT2D eigenvalue weighted by Crippen LogP contribution is -2.53. The number of rotatable bonds is 3. The highest BCUT2D eigenvalue weighted by atomic mass is 35.5. The van der Waals surface area contributed by atoms with Crippen LogP contribution in [0.15, 0.2) is 36.2 Å². The van der Waals surface area contributed by atoms with E-state index < -0.39 is 5.82 Å². The topological polar surface area (TPSA) is 42.3 Å². The van der Waals surface area contributed by atoms with E-state index in [9.17, 15) is 4.39 Å². The fourth-order valence-electron chi connectivity index (χ4n) is 3.10. The zero-order valence-electron chi connectivity index (χ0n) is 14.7. The van der Waals surface area contributed by atoms with Crippen molar-refractivity contribution in [1.29, 1.82) is 5.26 Å². The van der Waals surface area contributed by atoms with Crippen molar-refractivity contribution in [2.75, 3.05) is 6.54 Å². The molecule has 0 spiro atoms. The molecular formula is C19H22ClFN4. The van der Waals surface area contributed by atoms with Gasteiger partial charge in [-0.3, -0.25) is 10.4 Å². The van der Waals surface area contributed by atoms with Crippen molar-refractivity contribution in [2.24, 2.45) is 0 Å². The van der Waals surface area contributed by atoms with Crippen LogP contribution in [-0.2, 0) is 0 Å². The van der Waals surface area contributed by atoms with Crippen LogP contribution in [0, 0.1) is 17.1 Å². The summed E-state index contributed by atoms with van der Waals surface area (Å²) in [6, 6.07) is 7.13. The number of allylic oxidation sites excluding steroid dienone is 1. The second-order valence-electron chi connectivity index (χ2n) is 7.40. The second-order valence-corrected chi connectivity index (χ2v) is 7.80. The van der Waals surface area contributed by atoms with Crippen molar-refractivity contribution in [1.82, 2.24) is 15.3 Å². The van der Waals surface area contributed by atoms with E-state index in [4.69, 9.17) is 16.9 Å². The molecule has 2 aliphatic heterocycles. The van der Waals surface area contributed by atoms with Crippen LogP contribution in [0.1, 0.15) is 39.2 Å². The molecule has 3 rings (SSSR count). The van der Waals surface area contributed by atoms with Gasteiger partial charge in [0.1, 0.15) is 5.82 Å². The number of halogens is 2. The zero-order chi connectivity index (χ0) is 18.2. The third-order valence-corrected chi connectivity index (χ3v) is 4.84. The molecule has 0 bridgehead atoms. The fourth-order valence-corrected chi connectivity index (χ4v) is 3.28. The summed E-state index contributed by atoms with van der Waals surface area (Å²) in [5.41, 5.74) is 6.15. The summed E-state index contributed by atoms with van der Waals surface area (Å²) in [6.07, 6.45) is 5.46. The van der Waals surface area contributed by atoms with Crippen LogP contribution in [-0.4, -0.2) is 28.0 Å². The largest absolute Gasteiger partial charge is 0.369 e. The Morgan fingerprint density at radius 2 is 2.16 bits per heavy atom. The Bertz CT molecular complexity index is 773. The van der Waals surface area contributed by atoms with E-state index in [2.05, 4.69) is 48.4 Å². The molecule has 0 aromatic heterocycles. The Balaban J connectivity index is 1.92. The molecule has 0 fully saturated rings. The van der Waals surface area contributed by atoms with Gasteiger partial charge >= 0.3 is 0 Å². The number of fused-ring (bicyclic) bond motifs is 1. The van der Waals surface area contributed by atoms with Gasteiger partial charge in [0.05, 0.1) is 28.5 Å². The van der Waals surface area contributed by atoms with Gasteiger partial charge in [0.25, 0.3) is 0 Å². The van der Waals surface area contributed by atoms with Crippen LogP contribution in [0.5, 0.6) is 0 Å². The van der Waals surface area contributed by atoms with Crippen molar-refractivity contribution >= 4 is 17.3 Å². The van der Waals surface area contributed by atoms with Gasteiger partial charge in [0.15, 0.2) is 0 Å². The van der Waals surface area contributed by atoms with Crippen LogP contribution in [0.4, 0.5) is 4.39 Å². The van der Waals surface area contributed by atoms with Gasteiger partial charge in [0, 0.05) is 30.3 Å². The standard InChI is InChI=1S/C19H22ClFN4/c1-19(2,3)24-11-14(5-4-8-22)25-15(12-24)10-18(23-25)13-6-7-17(21)16(20)9-13/h6-7,9-10,12,14,23H,4-5,11H2,1-3H3. The molecule has 0 amide bonds. The number of hydrogen-bond acceptors (Lipinski definition) is 4. The molecule has 1 aromatic carbocycles. The summed E-state index contributed by atoms with van der Waals surface area (Å²) in [5.74, 6) is -0.424. The number of nitrogens with one attached hydrogen (secondary N) is 1. The summed E-state index contributed by atoms with van der Waals surface area (Å²) in [7, 11) is 0. The van der Waals surface area contributed by atoms with Gasteiger partial charge in [-0.15, -0.1) is 0 Å². The molecule has 6 heteroatoms. The lowest BCUT2D eigenvalue weighted by molar-refractivity contribution is 0.0949. The quantitative estimate of drug-likeness (QED) is 0.874. The summed E-state index contributed by atoms with van der Waals surface area (Å²) in [4.78, 5) is 2.31. The second kappa shape index (κ2) is 6.61. The average molecular weight is 361 g/mol. The molecule has 1 unspecified atom stereocenters. The van der Waals surface area contributed by atoms with E-state index in [0.717, 1.165) is 29.9 Å². The lowest BCUT2D eigenvalue weighted by Gasteiger charge is -2.45. The Kier molecular flexibility index (Phi) is 4.66. The molecule has 132 valence electrons. The molecule has 0 aliphatic carbocycles. The van der Waals surface area contributed by atoms with Gasteiger partial charge in [0.2, 0.25) is 0 Å². The van der Waals surface area contributed by atoms with Gasteiger partial charge in [-0.25, -0.2) is 4.39 Å². The minimum Gasteiger partial charge on any atom is -0.369 e. The molecule has 1 atom stereocenters. The van der Waals surface area contributed by atoms with E-state index in [1.54, 1.807) is 12.1 Å². The van der Waals surface area contributed by atoms with Gasteiger partial charge in [-0.1, -0.05) is 11.6 Å². The molecule has 4 nitrogen and oxygen atoms in total. The van der Waals surface area contributed by atoms with Crippen LogP contribution in [0.25, 0.3) is 5.70 Å². The van der Waals surface area contributed by atoms with E-state index in [1.807, 2.05) is 6.08 Å². The zero-order valence-corrected chi connectivity index (χ0v) is 15.4. The first-order valence-corrected chi connectivity index (χ1v) is 8.76.